The van der Waals surface area contributed by atoms with Crippen molar-refractivity contribution in [3.8, 4) is 0 Å². The van der Waals surface area contributed by atoms with Crippen LogP contribution in [0.3, 0.4) is 0 Å². The lowest BCUT2D eigenvalue weighted by Gasteiger charge is -2.49. The highest BCUT2D eigenvalue weighted by Crippen LogP contribution is 2.47. The third-order valence-electron chi connectivity index (χ3n) is 5.86. The van der Waals surface area contributed by atoms with Crippen LogP contribution in [0.5, 0.6) is 0 Å². The largest absolute Gasteiger partial charge is 0.313 e. The first-order chi connectivity index (χ1) is 9.83. The molecule has 21 heavy (non-hydrogen) atoms. The molecule has 1 atom stereocenters. The Hall–Kier alpha value is -0.0800. The summed E-state index contributed by atoms with van der Waals surface area (Å²) in [5.41, 5.74) is 1.02. The Kier molecular flexibility index (Phi) is 4.40. The van der Waals surface area contributed by atoms with Crippen LogP contribution in [0.25, 0.3) is 0 Å². The normalized spacial score (nSPS) is 32.7. The van der Waals surface area contributed by atoms with Gasteiger partial charge in [0, 0.05) is 25.2 Å². The summed E-state index contributed by atoms with van der Waals surface area (Å²) in [7, 11) is 0. The van der Waals surface area contributed by atoms with Crippen molar-refractivity contribution >= 4 is 0 Å². The molecular weight excluding hydrogens is 256 g/mol. The molecule has 1 N–H and O–H groups in total. The molecule has 1 unspecified atom stereocenters. The molecule has 0 aromatic carbocycles. The highest BCUT2D eigenvalue weighted by Gasteiger charge is 2.42. The van der Waals surface area contributed by atoms with Crippen molar-refractivity contribution in [2.75, 3.05) is 19.6 Å². The maximum Gasteiger partial charge on any atom is 0.0195 e. The molecule has 122 valence electrons. The fourth-order valence-electron chi connectivity index (χ4n) is 5.25. The third-order valence-corrected chi connectivity index (χ3v) is 5.86. The highest BCUT2D eigenvalue weighted by molar-refractivity contribution is 4.95. The van der Waals surface area contributed by atoms with E-state index in [4.69, 9.17) is 0 Å². The summed E-state index contributed by atoms with van der Waals surface area (Å²) in [6, 6.07) is 1.57. The Morgan fingerprint density at radius 3 is 2.14 bits per heavy atom. The molecule has 1 aliphatic heterocycles. The molecule has 1 saturated heterocycles. The van der Waals surface area contributed by atoms with Crippen LogP contribution in [0.4, 0.5) is 0 Å². The monoisotopic (exact) mass is 292 g/mol. The van der Waals surface area contributed by atoms with Crippen molar-refractivity contribution in [2.45, 2.75) is 84.7 Å². The van der Waals surface area contributed by atoms with E-state index in [0.29, 0.717) is 10.8 Å². The molecule has 2 nitrogen and oxygen atoms in total. The van der Waals surface area contributed by atoms with Gasteiger partial charge in [0.25, 0.3) is 0 Å². The van der Waals surface area contributed by atoms with E-state index in [0.717, 1.165) is 18.0 Å². The molecule has 0 bridgehead atoms. The molecule has 2 heteroatoms. The van der Waals surface area contributed by atoms with Crippen LogP contribution in [-0.4, -0.2) is 36.6 Å². The van der Waals surface area contributed by atoms with Gasteiger partial charge in [-0.3, -0.25) is 4.90 Å². The summed E-state index contributed by atoms with van der Waals surface area (Å²) in [4.78, 5) is 2.89. The Balaban J connectivity index is 1.67. The molecule has 3 fully saturated rings. The number of rotatable bonds is 5. The van der Waals surface area contributed by atoms with Gasteiger partial charge in [-0.05, 0) is 68.2 Å². The van der Waals surface area contributed by atoms with Crippen molar-refractivity contribution in [3.05, 3.63) is 0 Å². The van der Waals surface area contributed by atoms with Gasteiger partial charge in [0.1, 0.15) is 0 Å². The average Bonchev–Trinajstić information content (AvgIpc) is 2.98. The number of hydrogen-bond donors (Lipinski definition) is 1. The van der Waals surface area contributed by atoms with Gasteiger partial charge in [-0.25, -0.2) is 0 Å². The molecule has 1 heterocycles. The summed E-state index contributed by atoms with van der Waals surface area (Å²) in [5.74, 6) is 1.01. The summed E-state index contributed by atoms with van der Waals surface area (Å²) in [6.07, 6.45) is 9.91. The van der Waals surface area contributed by atoms with Crippen LogP contribution in [0.2, 0.25) is 0 Å². The quantitative estimate of drug-likeness (QED) is 0.822. The molecule has 0 aromatic heterocycles. The second kappa shape index (κ2) is 5.85. The smallest absolute Gasteiger partial charge is 0.0195 e. The van der Waals surface area contributed by atoms with Crippen molar-refractivity contribution in [1.29, 1.82) is 0 Å². The molecular formula is C19H36N2. The zero-order chi connectivity index (χ0) is 15.1. The van der Waals surface area contributed by atoms with Gasteiger partial charge in [-0.1, -0.05) is 27.7 Å². The Labute approximate surface area is 132 Å². The van der Waals surface area contributed by atoms with Gasteiger partial charge in [0.15, 0.2) is 0 Å². The van der Waals surface area contributed by atoms with E-state index < -0.39 is 0 Å². The van der Waals surface area contributed by atoms with Gasteiger partial charge in [-0.2, -0.15) is 0 Å². The molecule has 3 rings (SSSR count). The van der Waals surface area contributed by atoms with E-state index in [1.54, 1.807) is 0 Å². The van der Waals surface area contributed by atoms with Gasteiger partial charge in [0.2, 0.25) is 0 Å². The van der Waals surface area contributed by atoms with Gasteiger partial charge >= 0.3 is 0 Å². The SMILES string of the molecule is CC1(C)CC(N(CC2CC2)CC2CCCN2)CC(C)(C)C1. The molecule has 0 amide bonds. The number of nitrogens with one attached hydrogen (secondary N) is 1. The summed E-state index contributed by atoms with van der Waals surface area (Å²) < 4.78 is 0. The minimum absolute atomic E-state index is 0.511. The second-order valence-corrected chi connectivity index (χ2v) is 9.76. The summed E-state index contributed by atoms with van der Waals surface area (Å²) in [5, 5.41) is 3.72. The molecule has 2 saturated carbocycles. The van der Waals surface area contributed by atoms with Gasteiger partial charge < -0.3 is 5.32 Å². The van der Waals surface area contributed by atoms with Gasteiger partial charge in [0.05, 0.1) is 0 Å². The van der Waals surface area contributed by atoms with Gasteiger partial charge in [-0.15, -0.1) is 0 Å². The minimum Gasteiger partial charge on any atom is -0.313 e. The average molecular weight is 293 g/mol. The molecule has 2 aliphatic carbocycles. The van der Waals surface area contributed by atoms with Crippen LogP contribution < -0.4 is 5.32 Å². The number of nitrogens with zero attached hydrogens (tertiary/aromatic N) is 1. The van der Waals surface area contributed by atoms with E-state index >= 15 is 0 Å². The van der Waals surface area contributed by atoms with E-state index in [9.17, 15) is 0 Å². The van der Waals surface area contributed by atoms with Crippen LogP contribution in [0.15, 0.2) is 0 Å². The van der Waals surface area contributed by atoms with E-state index in [2.05, 4.69) is 37.9 Å². The zero-order valence-electron chi connectivity index (χ0n) is 14.8. The highest BCUT2D eigenvalue weighted by atomic mass is 15.2. The maximum atomic E-state index is 3.72. The first-order valence-corrected chi connectivity index (χ1v) is 9.30. The minimum atomic E-state index is 0.511. The summed E-state index contributed by atoms with van der Waals surface area (Å²) >= 11 is 0. The standard InChI is InChI=1S/C19H36N2/c1-18(2)10-17(11-19(3,4)14-18)21(12-15-7-8-15)13-16-6-5-9-20-16/h15-17,20H,5-14H2,1-4H3. The van der Waals surface area contributed by atoms with Crippen molar-refractivity contribution in [2.24, 2.45) is 16.7 Å². The Morgan fingerprint density at radius 1 is 0.952 bits per heavy atom. The lowest BCUT2D eigenvalue weighted by atomic mass is 9.63. The predicted octanol–water partition coefficient (Wildman–Crippen LogP) is 4.06. The first-order valence-electron chi connectivity index (χ1n) is 9.30. The predicted molar refractivity (Wildman–Crippen MR) is 90.5 cm³/mol. The number of hydrogen-bond acceptors (Lipinski definition) is 2. The molecule has 0 spiro atoms. The maximum absolute atomic E-state index is 3.72. The van der Waals surface area contributed by atoms with Crippen molar-refractivity contribution < 1.29 is 0 Å². The van der Waals surface area contributed by atoms with E-state index in [-0.39, 0.29) is 0 Å². The third kappa shape index (κ3) is 4.45. The lowest BCUT2D eigenvalue weighted by molar-refractivity contribution is 0.0189. The fraction of sp³-hybridized carbons (Fsp3) is 1.00. The van der Waals surface area contributed by atoms with Crippen molar-refractivity contribution in [1.82, 2.24) is 10.2 Å². The van der Waals surface area contributed by atoms with E-state index in [1.807, 2.05) is 0 Å². The van der Waals surface area contributed by atoms with E-state index in [1.165, 1.54) is 64.6 Å². The lowest BCUT2D eigenvalue weighted by Crippen LogP contribution is -2.50. The van der Waals surface area contributed by atoms with Crippen LogP contribution in [-0.2, 0) is 0 Å². The Morgan fingerprint density at radius 2 is 1.62 bits per heavy atom. The topological polar surface area (TPSA) is 15.3 Å². The molecule has 0 aromatic rings. The second-order valence-electron chi connectivity index (χ2n) is 9.76. The van der Waals surface area contributed by atoms with Crippen LogP contribution in [0.1, 0.15) is 72.6 Å². The fourth-order valence-corrected chi connectivity index (χ4v) is 5.25. The van der Waals surface area contributed by atoms with Crippen molar-refractivity contribution in [3.63, 3.8) is 0 Å². The summed E-state index contributed by atoms with van der Waals surface area (Å²) in [6.45, 7) is 13.9. The first kappa shape index (κ1) is 15.8. The Bertz CT molecular complexity index is 335. The van der Waals surface area contributed by atoms with Crippen LogP contribution >= 0.6 is 0 Å². The molecule has 0 radical (unpaired) electrons. The zero-order valence-corrected chi connectivity index (χ0v) is 14.8. The molecule has 3 aliphatic rings. The van der Waals surface area contributed by atoms with Crippen LogP contribution in [0, 0.1) is 16.7 Å².